The Balaban J connectivity index is 2.16. The van der Waals surface area contributed by atoms with Gasteiger partial charge in [0.25, 0.3) is 0 Å². The lowest BCUT2D eigenvalue weighted by atomic mass is 10.0. The van der Waals surface area contributed by atoms with E-state index in [1.165, 1.54) is 11.3 Å². The fourth-order valence-corrected chi connectivity index (χ4v) is 2.95. The van der Waals surface area contributed by atoms with E-state index in [1.54, 1.807) is 0 Å². The summed E-state index contributed by atoms with van der Waals surface area (Å²) in [4.78, 5) is 2.42. The lowest BCUT2D eigenvalue weighted by Gasteiger charge is -2.34. The highest BCUT2D eigenvalue weighted by molar-refractivity contribution is 9.10. The molecule has 3 nitrogen and oxygen atoms in total. The Hall–Kier alpha value is -0.580. The van der Waals surface area contributed by atoms with Gasteiger partial charge in [0.2, 0.25) is 0 Å². The summed E-state index contributed by atoms with van der Waals surface area (Å²) < 4.78 is 6.61. The Morgan fingerprint density at radius 1 is 1.35 bits per heavy atom. The molecule has 1 aliphatic heterocycles. The van der Waals surface area contributed by atoms with Crippen molar-refractivity contribution in [1.29, 1.82) is 0 Å². The third kappa shape index (κ3) is 4.21. The lowest BCUT2D eigenvalue weighted by molar-refractivity contribution is 0.0854. The van der Waals surface area contributed by atoms with E-state index in [2.05, 4.69) is 65.2 Å². The largest absolute Gasteiger partial charge is 0.381 e. The molecule has 0 aromatic heterocycles. The van der Waals surface area contributed by atoms with Crippen LogP contribution in [0.15, 0.2) is 22.7 Å². The second-order valence-electron chi connectivity index (χ2n) is 5.76. The van der Waals surface area contributed by atoms with Crippen LogP contribution in [0.1, 0.15) is 32.3 Å². The first kappa shape index (κ1) is 15.8. The van der Waals surface area contributed by atoms with Gasteiger partial charge in [-0.05, 0) is 30.5 Å². The molecule has 0 spiro atoms. The van der Waals surface area contributed by atoms with Gasteiger partial charge in [-0.2, -0.15) is 0 Å². The molecule has 0 bridgehead atoms. The van der Waals surface area contributed by atoms with E-state index in [0.29, 0.717) is 12.1 Å². The van der Waals surface area contributed by atoms with Crippen LogP contribution in [-0.2, 0) is 11.3 Å². The molecule has 0 amide bonds. The van der Waals surface area contributed by atoms with Gasteiger partial charge < -0.3 is 15.0 Å². The maximum atomic E-state index is 5.47. The van der Waals surface area contributed by atoms with Gasteiger partial charge in [-0.25, -0.2) is 0 Å². The molecule has 0 aliphatic carbocycles. The first-order chi connectivity index (χ1) is 9.58. The maximum Gasteiger partial charge on any atom is 0.0485 e. The van der Waals surface area contributed by atoms with Crippen LogP contribution in [0.2, 0.25) is 0 Å². The van der Waals surface area contributed by atoms with E-state index in [1.807, 2.05) is 0 Å². The van der Waals surface area contributed by atoms with Crippen molar-refractivity contribution in [3.8, 4) is 0 Å². The molecule has 1 fully saturated rings. The molecule has 0 unspecified atom stereocenters. The minimum absolute atomic E-state index is 0.500. The number of halogens is 1. The molecule has 0 saturated carbocycles. The summed E-state index contributed by atoms with van der Waals surface area (Å²) in [7, 11) is 2.20. The van der Waals surface area contributed by atoms with Crippen molar-refractivity contribution in [3.63, 3.8) is 0 Å². The van der Waals surface area contributed by atoms with Crippen LogP contribution >= 0.6 is 15.9 Å². The van der Waals surface area contributed by atoms with E-state index < -0.39 is 0 Å². The molecule has 0 atom stereocenters. The monoisotopic (exact) mass is 340 g/mol. The van der Waals surface area contributed by atoms with Crippen LogP contribution in [0, 0.1) is 0 Å². The average molecular weight is 341 g/mol. The molecule has 0 radical (unpaired) electrons. The molecular weight excluding hydrogens is 316 g/mol. The van der Waals surface area contributed by atoms with Gasteiger partial charge in [-0.15, -0.1) is 0 Å². The Morgan fingerprint density at radius 2 is 2.05 bits per heavy atom. The SMILES string of the molecule is CC(C)NCc1ccc(Br)cc1N(C)C1CCOCC1. The van der Waals surface area contributed by atoms with Crippen molar-refractivity contribution in [3.05, 3.63) is 28.2 Å². The van der Waals surface area contributed by atoms with Gasteiger partial charge >= 0.3 is 0 Å². The smallest absolute Gasteiger partial charge is 0.0485 e. The molecule has 112 valence electrons. The maximum absolute atomic E-state index is 5.47. The highest BCUT2D eigenvalue weighted by atomic mass is 79.9. The van der Waals surface area contributed by atoms with Crippen molar-refractivity contribution >= 4 is 21.6 Å². The fraction of sp³-hybridized carbons (Fsp3) is 0.625. The van der Waals surface area contributed by atoms with Crippen molar-refractivity contribution in [2.75, 3.05) is 25.2 Å². The van der Waals surface area contributed by atoms with Crippen molar-refractivity contribution in [2.45, 2.75) is 45.3 Å². The fourth-order valence-electron chi connectivity index (χ4n) is 2.60. The third-order valence-electron chi connectivity index (χ3n) is 3.87. The highest BCUT2D eigenvalue weighted by Gasteiger charge is 2.20. The molecule has 1 aromatic carbocycles. The number of hydrogen-bond donors (Lipinski definition) is 1. The van der Waals surface area contributed by atoms with E-state index in [0.717, 1.165) is 37.1 Å². The first-order valence-corrected chi connectivity index (χ1v) is 8.19. The second-order valence-corrected chi connectivity index (χ2v) is 6.68. The summed E-state index contributed by atoms with van der Waals surface area (Å²) in [5.41, 5.74) is 2.68. The molecule has 1 N–H and O–H groups in total. The molecule has 1 saturated heterocycles. The van der Waals surface area contributed by atoms with Gasteiger partial charge in [0.15, 0.2) is 0 Å². The van der Waals surface area contributed by atoms with Crippen molar-refractivity contribution in [2.24, 2.45) is 0 Å². The topological polar surface area (TPSA) is 24.5 Å². The standard InChI is InChI=1S/C16H25BrN2O/c1-12(2)18-11-13-4-5-14(17)10-16(13)19(3)15-6-8-20-9-7-15/h4-5,10,12,15,18H,6-9,11H2,1-3H3. The van der Waals surface area contributed by atoms with Crippen LogP contribution in [-0.4, -0.2) is 32.3 Å². The zero-order valence-corrected chi connectivity index (χ0v) is 14.2. The predicted octanol–water partition coefficient (Wildman–Crippen LogP) is 3.56. The molecule has 1 aliphatic rings. The summed E-state index contributed by atoms with van der Waals surface area (Å²) in [6, 6.07) is 7.64. The summed E-state index contributed by atoms with van der Waals surface area (Å²) >= 11 is 3.60. The van der Waals surface area contributed by atoms with E-state index in [-0.39, 0.29) is 0 Å². The van der Waals surface area contributed by atoms with E-state index in [9.17, 15) is 0 Å². The minimum Gasteiger partial charge on any atom is -0.381 e. The number of nitrogens with one attached hydrogen (secondary N) is 1. The van der Waals surface area contributed by atoms with Crippen molar-refractivity contribution < 1.29 is 4.74 Å². The molecule has 20 heavy (non-hydrogen) atoms. The number of anilines is 1. The first-order valence-electron chi connectivity index (χ1n) is 7.40. The number of nitrogens with zero attached hydrogens (tertiary/aromatic N) is 1. The number of ether oxygens (including phenoxy) is 1. The molecular formula is C16H25BrN2O. The van der Waals surface area contributed by atoms with Gasteiger partial charge in [-0.3, -0.25) is 0 Å². The summed E-state index contributed by atoms with van der Waals surface area (Å²) in [5, 5.41) is 3.51. The Bertz CT molecular complexity index is 430. The lowest BCUT2D eigenvalue weighted by Crippen LogP contribution is -2.37. The van der Waals surface area contributed by atoms with E-state index >= 15 is 0 Å². The predicted molar refractivity (Wildman–Crippen MR) is 88.4 cm³/mol. The molecule has 1 aromatic rings. The molecule has 2 rings (SSSR count). The van der Waals surface area contributed by atoms with E-state index in [4.69, 9.17) is 4.74 Å². The Labute approximate surface area is 130 Å². The summed E-state index contributed by atoms with van der Waals surface area (Å²) in [6.07, 6.45) is 2.22. The molecule has 1 heterocycles. The minimum atomic E-state index is 0.500. The van der Waals surface area contributed by atoms with Gasteiger partial charge in [0.1, 0.15) is 0 Å². The number of rotatable bonds is 5. The quantitative estimate of drug-likeness (QED) is 0.886. The van der Waals surface area contributed by atoms with Gasteiger partial charge in [-0.1, -0.05) is 35.8 Å². The van der Waals surface area contributed by atoms with Crippen LogP contribution in [0.5, 0.6) is 0 Å². The van der Waals surface area contributed by atoms with Crippen LogP contribution in [0.3, 0.4) is 0 Å². The zero-order valence-electron chi connectivity index (χ0n) is 12.7. The average Bonchev–Trinajstić information content (AvgIpc) is 2.46. The van der Waals surface area contributed by atoms with Crippen LogP contribution < -0.4 is 10.2 Å². The molecule has 4 heteroatoms. The van der Waals surface area contributed by atoms with Crippen molar-refractivity contribution in [1.82, 2.24) is 5.32 Å². The second kappa shape index (κ2) is 7.43. The van der Waals surface area contributed by atoms with Crippen LogP contribution in [0.4, 0.5) is 5.69 Å². The Kier molecular flexibility index (Phi) is 5.87. The zero-order chi connectivity index (χ0) is 14.5. The summed E-state index contributed by atoms with van der Waals surface area (Å²) in [6.45, 7) is 7.03. The van der Waals surface area contributed by atoms with Gasteiger partial charge in [0.05, 0.1) is 0 Å². The summed E-state index contributed by atoms with van der Waals surface area (Å²) in [5.74, 6) is 0. The Morgan fingerprint density at radius 3 is 2.70 bits per heavy atom. The number of hydrogen-bond acceptors (Lipinski definition) is 3. The van der Waals surface area contributed by atoms with Gasteiger partial charge in [0, 0.05) is 49.0 Å². The number of benzene rings is 1. The third-order valence-corrected chi connectivity index (χ3v) is 4.36. The highest BCUT2D eigenvalue weighted by Crippen LogP contribution is 2.28. The normalized spacial score (nSPS) is 16.6. The van der Waals surface area contributed by atoms with Crippen LogP contribution in [0.25, 0.3) is 0 Å².